The van der Waals surface area contributed by atoms with Gasteiger partial charge in [-0.05, 0) is 22.0 Å². The molecule has 0 aliphatic carbocycles. The summed E-state index contributed by atoms with van der Waals surface area (Å²) < 4.78 is 6.12. The van der Waals surface area contributed by atoms with E-state index in [0.717, 1.165) is 9.55 Å². The number of hydroxylamine groups is 2. The Morgan fingerprint density at radius 1 is 1.67 bits per heavy atom. The monoisotopic (exact) mass is 230 g/mol. The molecule has 0 aromatic heterocycles. The van der Waals surface area contributed by atoms with Gasteiger partial charge in [0.05, 0.1) is 11.0 Å². The minimum Gasteiger partial charge on any atom is -0.486 e. The Morgan fingerprint density at radius 3 is 3.25 bits per heavy atom. The van der Waals surface area contributed by atoms with Gasteiger partial charge in [-0.3, -0.25) is 10.2 Å². The van der Waals surface area contributed by atoms with Gasteiger partial charge in [0.15, 0.2) is 11.6 Å². The number of halogens is 1. The van der Waals surface area contributed by atoms with Crippen LogP contribution >= 0.6 is 15.9 Å². The standard InChI is InChI=1S/C7H7BrN2O2/c8-5-1-3-10(11)7-6(5)12-4-2-9-7/h1,3,11H,2,4H2. The summed E-state index contributed by atoms with van der Waals surface area (Å²) in [5.41, 5.74) is 0. The normalized spacial score (nSPS) is 21.8. The van der Waals surface area contributed by atoms with Crippen LogP contribution in [0.25, 0.3) is 0 Å². The Hall–Kier alpha value is -0.810. The van der Waals surface area contributed by atoms with Crippen LogP contribution in [0.3, 0.4) is 0 Å². The highest BCUT2D eigenvalue weighted by atomic mass is 79.9. The van der Waals surface area contributed by atoms with Crippen LogP contribution in [0.5, 0.6) is 0 Å². The van der Waals surface area contributed by atoms with E-state index in [-0.39, 0.29) is 0 Å². The Labute approximate surface area is 77.9 Å². The molecule has 0 saturated carbocycles. The van der Waals surface area contributed by atoms with Crippen molar-refractivity contribution in [3.8, 4) is 0 Å². The third-order valence-corrected chi connectivity index (χ3v) is 2.22. The van der Waals surface area contributed by atoms with Crippen molar-refractivity contribution in [1.82, 2.24) is 5.06 Å². The van der Waals surface area contributed by atoms with E-state index in [1.165, 1.54) is 6.20 Å². The Kier molecular flexibility index (Phi) is 1.90. The summed E-state index contributed by atoms with van der Waals surface area (Å²) in [6, 6.07) is 0. The van der Waals surface area contributed by atoms with Gasteiger partial charge in [0, 0.05) is 6.20 Å². The summed E-state index contributed by atoms with van der Waals surface area (Å²) >= 11 is 3.31. The van der Waals surface area contributed by atoms with Gasteiger partial charge < -0.3 is 4.74 Å². The minimum atomic E-state index is 0.468. The van der Waals surface area contributed by atoms with Gasteiger partial charge in [-0.2, -0.15) is 0 Å². The fourth-order valence-corrected chi connectivity index (χ4v) is 1.48. The van der Waals surface area contributed by atoms with Gasteiger partial charge in [-0.25, -0.2) is 5.06 Å². The van der Waals surface area contributed by atoms with E-state index in [9.17, 15) is 5.21 Å². The number of hydrogen-bond donors (Lipinski definition) is 1. The SMILES string of the molecule is ON1C=CC(Br)=C2OCCN=C21. The molecule has 0 spiro atoms. The summed E-state index contributed by atoms with van der Waals surface area (Å²) in [6.07, 6.45) is 3.22. The van der Waals surface area contributed by atoms with E-state index in [1.54, 1.807) is 6.08 Å². The van der Waals surface area contributed by atoms with Crippen LogP contribution in [0.2, 0.25) is 0 Å². The largest absolute Gasteiger partial charge is 0.486 e. The van der Waals surface area contributed by atoms with Crippen molar-refractivity contribution in [2.24, 2.45) is 4.99 Å². The van der Waals surface area contributed by atoms with Crippen LogP contribution in [-0.2, 0) is 4.74 Å². The molecule has 1 N–H and O–H groups in total. The number of aliphatic imine (C=N–C) groups is 1. The third-order valence-electron chi connectivity index (χ3n) is 1.60. The van der Waals surface area contributed by atoms with Crippen molar-refractivity contribution in [3.63, 3.8) is 0 Å². The molecule has 0 radical (unpaired) electrons. The van der Waals surface area contributed by atoms with E-state index in [1.807, 2.05) is 0 Å². The first-order chi connectivity index (χ1) is 5.79. The molecule has 2 rings (SSSR count). The lowest BCUT2D eigenvalue weighted by molar-refractivity contribution is 0.0290. The van der Waals surface area contributed by atoms with Crippen LogP contribution in [0.15, 0.2) is 27.5 Å². The molecule has 0 aromatic carbocycles. The molecular weight excluding hydrogens is 224 g/mol. The topological polar surface area (TPSA) is 45.1 Å². The molecule has 0 amide bonds. The summed E-state index contributed by atoms with van der Waals surface area (Å²) in [4.78, 5) is 4.11. The van der Waals surface area contributed by atoms with Crippen molar-refractivity contribution in [3.05, 3.63) is 22.5 Å². The van der Waals surface area contributed by atoms with Gasteiger partial charge in [-0.1, -0.05) is 0 Å². The van der Waals surface area contributed by atoms with Crippen LogP contribution in [0.1, 0.15) is 0 Å². The van der Waals surface area contributed by atoms with E-state index in [0.29, 0.717) is 24.7 Å². The van der Waals surface area contributed by atoms with Crippen LogP contribution in [0.4, 0.5) is 0 Å². The lowest BCUT2D eigenvalue weighted by Crippen LogP contribution is -2.31. The van der Waals surface area contributed by atoms with E-state index in [4.69, 9.17) is 4.74 Å². The first kappa shape index (κ1) is 7.82. The number of rotatable bonds is 0. The highest BCUT2D eigenvalue weighted by Crippen LogP contribution is 2.24. The van der Waals surface area contributed by atoms with Crippen molar-refractivity contribution in [1.29, 1.82) is 0 Å². The maximum Gasteiger partial charge on any atom is 0.196 e. The highest BCUT2D eigenvalue weighted by molar-refractivity contribution is 9.11. The van der Waals surface area contributed by atoms with E-state index in [2.05, 4.69) is 20.9 Å². The molecule has 2 aliphatic heterocycles. The summed E-state index contributed by atoms with van der Waals surface area (Å²) in [5, 5.41) is 10.3. The molecule has 0 aromatic rings. The summed E-state index contributed by atoms with van der Waals surface area (Å²) in [5.74, 6) is 1.07. The van der Waals surface area contributed by atoms with Crippen LogP contribution in [-0.4, -0.2) is 29.3 Å². The summed E-state index contributed by atoms with van der Waals surface area (Å²) in [6.45, 7) is 1.15. The Balaban J connectivity index is 2.44. The van der Waals surface area contributed by atoms with Crippen molar-refractivity contribution >= 4 is 21.8 Å². The molecule has 64 valence electrons. The first-order valence-corrected chi connectivity index (χ1v) is 4.32. The molecule has 4 nitrogen and oxygen atoms in total. The van der Waals surface area contributed by atoms with Crippen molar-refractivity contribution in [2.45, 2.75) is 0 Å². The second-order valence-corrected chi connectivity index (χ2v) is 3.25. The average molecular weight is 231 g/mol. The molecule has 2 heterocycles. The number of nitrogens with zero attached hydrogens (tertiary/aromatic N) is 2. The van der Waals surface area contributed by atoms with Crippen LogP contribution in [0, 0.1) is 0 Å². The van der Waals surface area contributed by atoms with Gasteiger partial charge in [-0.15, -0.1) is 0 Å². The van der Waals surface area contributed by atoms with Gasteiger partial charge in [0.1, 0.15) is 6.61 Å². The molecule has 0 unspecified atom stereocenters. The fraction of sp³-hybridized carbons (Fsp3) is 0.286. The second-order valence-electron chi connectivity index (χ2n) is 2.39. The molecule has 0 saturated heterocycles. The number of fused-ring (bicyclic) bond motifs is 1. The van der Waals surface area contributed by atoms with E-state index < -0.39 is 0 Å². The molecule has 0 bridgehead atoms. The zero-order chi connectivity index (χ0) is 8.55. The third kappa shape index (κ3) is 1.15. The van der Waals surface area contributed by atoms with Crippen LogP contribution < -0.4 is 0 Å². The second kappa shape index (κ2) is 2.91. The van der Waals surface area contributed by atoms with Crippen molar-refractivity contribution < 1.29 is 9.94 Å². The first-order valence-electron chi connectivity index (χ1n) is 3.53. The fourth-order valence-electron chi connectivity index (χ4n) is 1.07. The quantitative estimate of drug-likeness (QED) is 0.682. The lowest BCUT2D eigenvalue weighted by atomic mass is 10.3. The lowest BCUT2D eigenvalue weighted by Gasteiger charge is -2.25. The predicted octanol–water partition coefficient (Wildman–Crippen LogP) is 1.24. The number of amidine groups is 1. The minimum absolute atomic E-state index is 0.468. The smallest absolute Gasteiger partial charge is 0.196 e. The molecule has 12 heavy (non-hydrogen) atoms. The zero-order valence-electron chi connectivity index (χ0n) is 6.20. The van der Waals surface area contributed by atoms with Gasteiger partial charge in [0.25, 0.3) is 0 Å². The van der Waals surface area contributed by atoms with Gasteiger partial charge in [0.2, 0.25) is 0 Å². The Morgan fingerprint density at radius 2 is 2.50 bits per heavy atom. The average Bonchev–Trinajstić information content (AvgIpc) is 2.12. The molecule has 5 heteroatoms. The maximum absolute atomic E-state index is 9.30. The Bertz CT molecular complexity index is 296. The molecule has 0 fully saturated rings. The van der Waals surface area contributed by atoms with Crippen molar-refractivity contribution in [2.75, 3.05) is 13.2 Å². The summed E-state index contributed by atoms with van der Waals surface area (Å²) in [7, 11) is 0. The van der Waals surface area contributed by atoms with Gasteiger partial charge >= 0.3 is 0 Å². The van der Waals surface area contributed by atoms with E-state index >= 15 is 0 Å². The zero-order valence-corrected chi connectivity index (χ0v) is 7.78. The molecule has 2 aliphatic rings. The predicted molar refractivity (Wildman–Crippen MR) is 47.0 cm³/mol. The number of allylic oxidation sites excluding steroid dienone is 2. The maximum atomic E-state index is 9.30. The number of hydrogen-bond acceptors (Lipinski definition) is 4. The molecular formula is C7H7BrN2O2. The number of ether oxygens (including phenoxy) is 1. The molecule has 0 atom stereocenters. The highest BCUT2D eigenvalue weighted by Gasteiger charge is 2.23.